The van der Waals surface area contributed by atoms with E-state index in [0.717, 1.165) is 43.2 Å². The zero-order valence-corrected chi connectivity index (χ0v) is 11.7. The molecular formula is C15H22N2O2. The molecule has 1 aromatic rings. The summed E-state index contributed by atoms with van der Waals surface area (Å²) >= 11 is 0. The maximum Gasteiger partial charge on any atom is 0.124 e. The van der Waals surface area contributed by atoms with Crippen LogP contribution in [0.15, 0.2) is 30.9 Å². The number of hydrogen-bond donors (Lipinski definition) is 1. The van der Waals surface area contributed by atoms with Crippen molar-refractivity contribution in [1.82, 2.24) is 10.2 Å². The minimum absolute atomic E-state index is 0.159. The highest BCUT2D eigenvalue weighted by Crippen LogP contribution is 2.33. The number of benzene rings is 1. The number of piperazine rings is 1. The van der Waals surface area contributed by atoms with Crippen molar-refractivity contribution in [2.45, 2.75) is 6.04 Å². The first-order valence-corrected chi connectivity index (χ1v) is 6.59. The molecule has 1 heterocycles. The number of nitrogens with zero attached hydrogens (tertiary/aromatic N) is 1. The summed E-state index contributed by atoms with van der Waals surface area (Å²) in [7, 11) is 3.38. The van der Waals surface area contributed by atoms with Crippen LogP contribution < -0.4 is 14.8 Å². The molecule has 4 heteroatoms. The van der Waals surface area contributed by atoms with E-state index in [-0.39, 0.29) is 6.04 Å². The predicted molar refractivity (Wildman–Crippen MR) is 76.9 cm³/mol. The molecule has 0 spiro atoms. The van der Waals surface area contributed by atoms with Gasteiger partial charge in [-0.15, -0.1) is 6.58 Å². The number of nitrogens with one attached hydrogen (secondary N) is 1. The fourth-order valence-electron chi connectivity index (χ4n) is 2.50. The normalized spacial score (nSPS) is 17.8. The summed E-state index contributed by atoms with van der Waals surface area (Å²) in [6, 6.07) is 6.06. The molecule has 1 N–H and O–H groups in total. The topological polar surface area (TPSA) is 33.7 Å². The lowest BCUT2D eigenvalue weighted by Crippen LogP contribution is -2.44. The molecule has 0 amide bonds. The summed E-state index contributed by atoms with van der Waals surface area (Å²) in [5, 5.41) is 3.36. The Bertz CT molecular complexity index is 428. The molecule has 1 aromatic carbocycles. The number of methoxy groups -OCH3 is 2. The lowest BCUT2D eigenvalue weighted by Gasteiger charge is -2.34. The molecule has 0 bridgehead atoms. The van der Waals surface area contributed by atoms with Gasteiger partial charge >= 0.3 is 0 Å². The number of hydrogen-bond acceptors (Lipinski definition) is 4. The average Bonchev–Trinajstić information content (AvgIpc) is 2.49. The molecule has 1 aliphatic rings. The van der Waals surface area contributed by atoms with Gasteiger partial charge in [0.1, 0.15) is 11.5 Å². The molecule has 1 fully saturated rings. The summed E-state index contributed by atoms with van der Waals surface area (Å²) < 4.78 is 10.8. The molecule has 104 valence electrons. The van der Waals surface area contributed by atoms with Crippen molar-refractivity contribution in [2.24, 2.45) is 0 Å². The second-order valence-electron chi connectivity index (χ2n) is 4.57. The van der Waals surface area contributed by atoms with E-state index in [2.05, 4.69) is 16.8 Å². The van der Waals surface area contributed by atoms with Gasteiger partial charge < -0.3 is 14.8 Å². The van der Waals surface area contributed by atoms with E-state index in [4.69, 9.17) is 9.47 Å². The van der Waals surface area contributed by atoms with Crippen LogP contribution in [0.1, 0.15) is 11.6 Å². The Kier molecular flexibility index (Phi) is 4.82. The third-order valence-electron chi connectivity index (χ3n) is 3.52. The lowest BCUT2D eigenvalue weighted by atomic mass is 10.0. The first-order chi connectivity index (χ1) is 9.30. The molecule has 1 aliphatic heterocycles. The minimum atomic E-state index is 0.159. The molecule has 0 unspecified atom stereocenters. The van der Waals surface area contributed by atoms with Crippen molar-refractivity contribution < 1.29 is 9.47 Å². The largest absolute Gasteiger partial charge is 0.497 e. The van der Waals surface area contributed by atoms with Gasteiger partial charge in [-0.1, -0.05) is 6.08 Å². The summed E-state index contributed by atoms with van der Waals surface area (Å²) in [4.78, 5) is 2.40. The monoisotopic (exact) mass is 262 g/mol. The highest BCUT2D eigenvalue weighted by molar-refractivity contribution is 5.43. The van der Waals surface area contributed by atoms with Gasteiger partial charge in [-0.25, -0.2) is 0 Å². The first kappa shape index (κ1) is 13.9. The molecule has 1 saturated heterocycles. The standard InChI is InChI=1S/C15H22N2O2/c1-4-14(17-9-7-16-8-10-17)13-11-12(18-2)5-6-15(13)19-3/h4-6,11,14,16H,1,7-10H2,2-3H3/t14-/m1/s1. The number of rotatable bonds is 5. The first-order valence-electron chi connectivity index (χ1n) is 6.59. The molecule has 0 aliphatic carbocycles. The van der Waals surface area contributed by atoms with Crippen molar-refractivity contribution in [2.75, 3.05) is 40.4 Å². The maximum atomic E-state index is 5.47. The highest BCUT2D eigenvalue weighted by atomic mass is 16.5. The van der Waals surface area contributed by atoms with Crippen molar-refractivity contribution in [1.29, 1.82) is 0 Å². The smallest absolute Gasteiger partial charge is 0.124 e. The van der Waals surface area contributed by atoms with Gasteiger partial charge in [0.25, 0.3) is 0 Å². The predicted octanol–water partition coefficient (Wildman–Crippen LogP) is 1.84. The van der Waals surface area contributed by atoms with Crippen LogP contribution in [0.4, 0.5) is 0 Å². The van der Waals surface area contributed by atoms with E-state index in [1.807, 2.05) is 24.3 Å². The van der Waals surface area contributed by atoms with E-state index in [0.29, 0.717) is 0 Å². The zero-order valence-electron chi connectivity index (χ0n) is 11.7. The van der Waals surface area contributed by atoms with Crippen molar-refractivity contribution in [3.63, 3.8) is 0 Å². The molecule has 0 saturated carbocycles. The van der Waals surface area contributed by atoms with E-state index < -0.39 is 0 Å². The van der Waals surface area contributed by atoms with Crippen LogP contribution in [0.25, 0.3) is 0 Å². The van der Waals surface area contributed by atoms with Crippen LogP contribution in [-0.2, 0) is 0 Å². The van der Waals surface area contributed by atoms with Gasteiger partial charge in [0, 0.05) is 31.7 Å². The van der Waals surface area contributed by atoms with Crippen LogP contribution in [0, 0.1) is 0 Å². The molecule has 0 radical (unpaired) electrons. The van der Waals surface area contributed by atoms with Crippen LogP contribution in [0.5, 0.6) is 11.5 Å². The van der Waals surface area contributed by atoms with Crippen LogP contribution in [0.3, 0.4) is 0 Å². The quantitative estimate of drug-likeness (QED) is 0.821. The van der Waals surface area contributed by atoms with Crippen molar-refractivity contribution >= 4 is 0 Å². The third kappa shape index (κ3) is 3.08. The second kappa shape index (κ2) is 6.59. The van der Waals surface area contributed by atoms with Crippen LogP contribution in [-0.4, -0.2) is 45.3 Å². The van der Waals surface area contributed by atoms with E-state index in [9.17, 15) is 0 Å². The Balaban J connectivity index is 2.32. The van der Waals surface area contributed by atoms with Crippen molar-refractivity contribution in [3.05, 3.63) is 36.4 Å². The number of ether oxygens (including phenoxy) is 2. The van der Waals surface area contributed by atoms with E-state index in [1.54, 1.807) is 14.2 Å². The third-order valence-corrected chi connectivity index (χ3v) is 3.52. The fourth-order valence-corrected chi connectivity index (χ4v) is 2.50. The summed E-state index contributed by atoms with van der Waals surface area (Å²) in [5.41, 5.74) is 1.11. The molecule has 0 aromatic heterocycles. The Morgan fingerprint density at radius 2 is 2.00 bits per heavy atom. The lowest BCUT2D eigenvalue weighted by molar-refractivity contribution is 0.200. The minimum Gasteiger partial charge on any atom is -0.497 e. The SMILES string of the molecule is C=C[C@H](c1cc(OC)ccc1OC)N1CCNCC1. The van der Waals surface area contributed by atoms with Gasteiger partial charge in [-0.2, -0.15) is 0 Å². The molecule has 4 nitrogen and oxygen atoms in total. The summed E-state index contributed by atoms with van der Waals surface area (Å²) in [5.74, 6) is 1.72. The van der Waals surface area contributed by atoms with Crippen molar-refractivity contribution in [3.8, 4) is 11.5 Å². The van der Waals surface area contributed by atoms with Gasteiger partial charge in [-0.3, -0.25) is 4.90 Å². The van der Waals surface area contributed by atoms with E-state index in [1.165, 1.54) is 0 Å². The summed E-state index contributed by atoms with van der Waals surface area (Å²) in [6.45, 7) is 8.03. The zero-order chi connectivity index (χ0) is 13.7. The second-order valence-corrected chi connectivity index (χ2v) is 4.57. The summed E-state index contributed by atoms with van der Waals surface area (Å²) in [6.07, 6.45) is 1.97. The van der Waals surface area contributed by atoms with Gasteiger partial charge in [0.2, 0.25) is 0 Å². The molecular weight excluding hydrogens is 240 g/mol. The maximum absolute atomic E-state index is 5.47. The Labute approximate surface area is 115 Å². The van der Waals surface area contributed by atoms with Crippen LogP contribution in [0.2, 0.25) is 0 Å². The highest BCUT2D eigenvalue weighted by Gasteiger charge is 2.22. The molecule has 2 rings (SSSR count). The van der Waals surface area contributed by atoms with Gasteiger partial charge in [0.05, 0.1) is 20.3 Å². The Hall–Kier alpha value is -1.52. The Morgan fingerprint density at radius 3 is 2.58 bits per heavy atom. The Morgan fingerprint density at radius 1 is 1.26 bits per heavy atom. The molecule has 1 atom stereocenters. The fraction of sp³-hybridized carbons (Fsp3) is 0.467. The van der Waals surface area contributed by atoms with E-state index >= 15 is 0 Å². The van der Waals surface area contributed by atoms with Gasteiger partial charge in [-0.05, 0) is 18.2 Å². The average molecular weight is 262 g/mol. The molecule has 19 heavy (non-hydrogen) atoms. The van der Waals surface area contributed by atoms with Crippen LogP contribution >= 0.6 is 0 Å². The van der Waals surface area contributed by atoms with Gasteiger partial charge in [0.15, 0.2) is 0 Å².